The van der Waals surface area contributed by atoms with Gasteiger partial charge in [-0.25, -0.2) is 0 Å². The number of piperidine rings is 1. The molecule has 26 heavy (non-hydrogen) atoms. The third-order valence-corrected chi connectivity index (χ3v) is 5.30. The second kappa shape index (κ2) is 9.33. The van der Waals surface area contributed by atoms with Gasteiger partial charge in [0, 0.05) is 54.3 Å². The number of rotatable bonds is 9. The van der Waals surface area contributed by atoms with Crippen LogP contribution in [0.3, 0.4) is 0 Å². The zero-order valence-electron chi connectivity index (χ0n) is 16.9. The third-order valence-electron chi connectivity index (χ3n) is 4.98. The van der Waals surface area contributed by atoms with Gasteiger partial charge in [-0.15, -0.1) is 0 Å². The van der Waals surface area contributed by atoms with E-state index < -0.39 is 0 Å². The van der Waals surface area contributed by atoms with Gasteiger partial charge < -0.3 is 10.6 Å². The van der Waals surface area contributed by atoms with Crippen LogP contribution in [0.4, 0.5) is 0 Å². The Kier molecular flexibility index (Phi) is 7.93. The van der Waals surface area contributed by atoms with Gasteiger partial charge in [0.05, 0.1) is 0 Å². The molecule has 1 aromatic carbocycles. The van der Waals surface area contributed by atoms with Crippen molar-refractivity contribution in [3.05, 3.63) is 35.9 Å². The summed E-state index contributed by atoms with van der Waals surface area (Å²) in [5, 5.41) is 7.51. The van der Waals surface area contributed by atoms with Crippen molar-refractivity contribution in [3.8, 4) is 0 Å². The molecule has 0 aliphatic carbocycles. The second-order valence-corrected chi connectivity index (χ2v) is 11.5. The molecule has 1 saturated heterocycles. The largest absolute Gasteiger partial charge is 0.314 e. The minimum Gasteiger partial charge on any atom is -0.314 e. The van der Waals surface area contributed by atoms with Crippen LogP contribution in [0.2, 0.25) is 0 Å². The molecule has 2 rings (SSSR count). The molecule has 0 unspecified atom stereocenters. The number of nitrogens with one attached hydrogen (secondary N) is 2. The van der Waals surface area contributed by atoms with Gasteiger partial charge in [-0.3, -0.25) is 4.90 Å². The van der Waals surface area contributed by atoms with E-state index in [2.05, 4.69) is 86.2 Å². The van der Waals surface area contributed by atoms with Crippen LogP contribution >= 0.6 is 25.3 Å². The lowest BCUT2D eigenvalue weighted by atomic mass is 9.86. The minimum atomic E-state index is -0.00299. The summed E-state index contributed by atoms with van der Waals surface area (Å²) in [6, 6.07) is 10.8. The van der Waals surface area contributed by atoms with Crippen LogP contribution in [0.1, 0.15) is 46.1 Å². The van der Waals surface area contributed by atoms with E-state index in [0.717, 1.165) is 52.1 Å². The van der Waals surface area contributed by atoms with E-state index in [1.54, 1.807) is 0 Å². The van der Waals surface area contributed by atoms with Gasteiger partial charge >= 0.3 is 0 Å². The molecule has 1 aliphatic rings. The molecule has 0 aromatic heterocycles. The molecule has 1 aliphatic heterocycles. The van der Waals surface area contributed by atoms with Gasteiger partial charge in [0.1, 0.15) is 0 Å². The van der Waals surface area contributed by atoms with Crippen molar-refractivity contribution in [3.63, 3.8) is 0 Å². The van der Waals surface area contributed by atoms with Crippen LogP contribution in [-0.2, 0) is 6.54 Å². The molecule has 0 radical (unpaired) electrons. The summed E-state index contributed by atoms with van der Waals surface area (Å²) in [6.07, 6.45) is 2.31. The van der Waals surface area contributed by atoms with Crippen LogP contribution in [0.5, 0.6) is 0 Å². The Morgan fingerprint density at radius 3 is 2.08 bits per heavy atom. The predicted octanol–water partition coefficient (Wildman–Crippen LogP) is 3.62. The third kappa shape index (κ3) is 8.22. The van der Waals surface area contributed by atoms with Crippen molar-refractivity contribution >= 4 is 25.3 Å². The fraction of sp³-hybridized carbons (Fsp3) is 0.714. The summed E-state index contributed by atoms with van der Waals surface area (Å²) in [5.41, 5.74) is 1.55. The van der Waals surface area contributed by atoms with E-state index in [-0.39, 0.29) is 15.0 Å². The van der Waals surface area contributed by atoms with Crippen molar-refractivity contribution < 1.29 is 0 Å². The van der Waals surface area contributed by atoms with E-state index >= 15 is 0 Å². The Bertz CT molecular complexity index is 526. The summed E-state index contributed by atoms with van der Waals surface area (Å²) in [6.45, 7) is 14.8. The first-order chi connectivity index (χ1) is 12.1. The number of benzene rings is 1. The highest BCUT2D eigenvalue weighted by Gasteiger charge is 2.35. The first-order valence-electron chi connectivity index (χ1n) is 9.74. The average molecular weight is 396 g/mol. The fourth-order valence-corrected chi connectivity index (χ4v) is 3.60. The summed E-state index contributed by atoms with van der Waals surface area (Å²) < 4.78 is 0.00894. The standard InChI is InChI=1S/C21H37N3S2/c1-19(2,25)15-22-17-21(23-16-20(3,4)26)10-12-24(13-11-21)14-18-8-6-5-7-9-18/h5-9,22-23,25-26H,10-17H2,1-4H3. The predicted molar refractivity (Wildman–Crippen MR) is 121 cm³/mol. The summed E-state index contributed by atoms with van der Waals surface area (Å²) >= 11 is 9.35. The average Bonchev–Trinajstić information content (AvgIpc) is 2.54. The Morgan fingerprint density at radius 2 is 1.54 bits per heavy atom. The molecule has 0 spiro atoms. The molecular formula is C21H37N3S2. The van der Waals surface area contributed by atoms with E-state index in [9.17, 15) is 0 Å². The van der Waals surface area contributed by atoms with E-state index in [1.165, 1.54) is 5.56 Å². The van der Waals surface area contributed by atoms with Gasteiger partial charge in [-0.05, 0) is 46.1 Å². The molecule has 2 N–H and O–H groups in total. The normalized spacial score (nSPS) is 18.8. The quantitative estimate of drug-likeness (QED) is 0.481. The van der Waals surface area contributed by atoms with Crippen molar-refractivity contribution in [2.45, 2.75) is 62.1 Å². The number of hydrogen-bond donors (Lipinski definition) is 4. The van der Waals surface area contributed by atoms with Gasteiger partial charge in [0.15, 0.2) is 0 Å². The molecule has 0 saturated carbocycles. The lowest BCUT2D eigenvalue weighted by Crippen LogP contribution is -2.60. The summed E-state index contributed by atoms with van der Waals surface area (Å²) in [5.74, 6) is 0. The van der Waals surface area contributed by atoms with Crippen LogP contribution < -0.4 is 10.6 Å². The topological polar surface area (TPSA) is 27.3 Å². The molecule has 0 atom stereocenters. The van der Waals surface area contributed by atoms with Crippen molar-refractivity contribution in [2.75, 3.05) is 32.7 Å². The summed E-state index contributed by atoms with van der Waals surface area (Å²) in [4.78, 5) is 2.57. The van der Waals surface area contributed by atoms with Crippen molar-refractivity contribution in [2.24, 2.45) is 0 Å². The van der Waals surface area contributed by atoms with Gasteiger partial charge in [0.2, 0.25) is 0 Å². The Morgan fingerprint density at radius 1 is 0.962 bits per heavy atom. The number of hydrogen-bond acceptors (Lipinski definition) is 5. The smallest absolute Gasteiger partial charge is 0.0331 e. The maximum atomic E-state index is 4.71. The lowest BCUT2D eigenvalue weighted by molar-refractivity contribution is 0.125. The van der Waals surface area contributed by atoms with Crippen LogP contribution in [-0.4, -0.2) is 52.7 Å². The first-order valence-corrected chi connectivity index (χ1v) is 10.6. The van der Waals surface area contributed by atoms with E-state index in [4.69, 9.17) is 12.6 Å². The van der Waals surface area contributed by atoms with Crippen molar-refractivity contribution in [1.82, 2.24) is 15.5 Å². The van der Waals surface area contributed by atoms with E-state index in [1.807, 2.05) is 0 Å². The zero-order valence-corrected chi connectivity index (χ0v) is 18.7. The minimum absolute atomic E-state index is 0.00299. The molecule has 3 nitrogen and oxygen atoms in total. The maximum absolute atomic E-state index is 4.71. The SMILES string of the molecule is CC(C)(S)CNCC1(NCC(C)(C)S)CCN(Cc2ccccc2)CC1. The maximum Gasteiger partial charge on any atom is 0.0331 e. The van der Waals surface area contributed by atoms with Gasteiger partial charge in [0.25, 0.3) is 0 Å². The Balaban J connectivity index is 1.92. The highest BCUT2D eigenvalue weighted by molar-refractivity contribution is 7.82. The summed E-state index contributed by atoms with van der Waals surface area (Å²) in [7, 11) is 0. The molecule has 1 heterocycles. The van der Waals surface area contributed by atoms with E-state index in [0.29, 0.717) is 0 Å². The Hall–Kier alpha value is -0.200. The van der Waals surface area contributed by atoms with Crippen LogP contribution in [0.15, 0.2) is 30.3 Å². The number of thiol groups is 2. The van der Waals surface area contributed by atoms with Gasteiger partial charge in [-0.1, -0.05) is 30.3 Å². The van der Waals surface area contributed by atoms with Crippen LogP contribution in [0, 0.1) is 0 Å². The lowest BCUT2D eigenvalue weighted by Gasteiger charge is -2.44. The molecule has 0 amide bonds. The molecule has 1 fully saturated rings. The zero-order chi connectivity index (χ0) is 19.3. The van der Waals surface area contributed by atoms with Gasteiger partial charge in [-0.2, -0.15) is 25.3 Å². The highest BCUT2D eigenvalue weighted by atomic mass is 32.1. The number of likely N-dealkylation sites (tertiary alicyclic amines) is 1. The van der Waals surface area contributed by atoms with Crippen molar-refractivity contribution in [1.29, 1.82) is 0 Å². The Labute approximate surface area is 171 Å². The fourth-order valence-electron chi connectivity index (χ4n) is 3.41. The molecule has 148 valence electrons. The second-order valence-electron chi connectivity index (χ2n) is 9.12. The van der Waals surface area contributed by atoms with Crippen LogP contribution in [0.25, 0.3) is 0 Å². The molecule has 1 aromatic rings. The molecule has 0 bridgehead atoms. The molecular weight excluding hydrogens is 358 g/mol. The number of nitrogens with zero attached hydrogens (tertiary/aromatic N) is 1. The molecule has 5 heteroatoms. The first kappa shape index (κ1) is 22.1. The monoisotopic (exact) mass is 395 g/mol. The highest BCUT2D eigenvalue weighted by Crippen LogP contribution is 2.25.